The second kappa shape index (κ2) is 13.0. The summed E-state index contributed by atoms with van der Waals surface area (Å²) in [7, 11) is 3.44. The Morgan fingerprint density at radius 3 is 2.29 bits per heavy atom. The number of likely N-dealkylation sites (N-methyl/N-ethyl adjacent to an activating group) is 1. The van der Waals surface area contributed by atoms with Gasteiger partial charge in [0.25, 0.3) is 0 Å². The quantitative estimate of drug-likeness (QED) is 0.255. The van der Waals surface area contributed by atoms with Gasteiger partial charge in [0.2, 0.25) is 5.91 Å². The molecule has 2 rings (SSSR count). The number of rotatable bonds is 8. The molecule has 0 aliphatic carbocycles. The van der Waals surface area contributed by atoms with Crippen LogP contribution in [-0.2, 0) is 4.79 Å². The van der Waals surface area contributed by atoms with Crippen molar-refractivity contribution in [2.45, 2.75) is 13.0 Å². The highest BCUT2D eigenvalue weighted by Crippen LogP contribution is 2.11. The molecule has 0 saturated heterocycles. The summed E-state index contributed by atoms with van der Waals surface area (Å²) in [5, 5.41) is 6.57. The van der Waals surface area contributed by atoms with E-state index in [-0.39, 0.29) is 42.5 Å². The van der Waals surface area contributed by atoms with Gasteiger partial charge in [-0.2, -0.15) is 0 Å². The number of hydrogen-bond donors (Lipinski definition) is 2. The van der Waals surface area contributed by atoms with Crippen molar-refractivity contribution in [3.05, 3.63) is 66.2 Å². The van der Waals surface area contributed by atoms with Crippen molar-refractivity contribution in [1.29, 1.82) is 0 Å². The van der Waals surface area contributed by atoms with Crippen molar-refractivity contribution in [1.82, 2.24) is 15.5 Å². The maximum atomic E-state index is 11.9. The van der Waals surface area contributed by atoms with Gasteiger partial charge in [0.1, 0.15) is 18.9 Å². The summed E-state index contributed by atoms with van der Waals surface area (Å²) in [6, 6.07) is 19.8. The molecule has 7 heteroatoms. The van der Waals surface area contributed by atoms with Gasteiger partial charge in [0.05, 0.1) is 12.6 Å². The van der Waals surface area contributed by atoms with Gasteiger partial charge in [-0.25, -0.2) is 4.99 Å². The van der Waals surface area contributed by atoms with E-state index in [4.69, 9.17) is 4.74 Å². The summed E-state index contributed by atoms with van der Waals surface area (Å²) in [4.78, 5) is 17.8. The lowest BCUT2D eigenvalue weighted by atomic mass is 10.1. The van der Waals surface area contributed by atoms with Crippen molar-refractivity contribution < 1.29 is 9.53 Å². The molecule has 0 saturated carbocycles. The van der Waals surface area contributed by atoms with E-state index in [9.17, 15) is 4.79 Å². The number of benzene rings is 2. The molecule has 2 N–H and O–H groups in total. The number of guanidine groups is 1. The number of amides is 1. The van der Waals surface area contributed by atoms with Crippen LogP contribution in [0.2, 0.25) is 0 Å². The van der Waals surface area contributed by atoms with E-state index < -0.39 is 0 Å². The number of hydrogen-bond acceptors (Lipinski definition) is 3. The summed E-state index contributed by atoms with van der Waals surface area (Å²) in [6.07, 6.45) is 0. The third kappa shape index (κ3) is 8.60. The molecule has 2 aromatic carbocycles. The maximum absolute atomic E-state index is 11.9. The van der Waals surface area contributed by atoms with Gasteiger partial charge in [-0.05, 0) is 24.6 Å². The van der Waals surface area contributed by atoms with E-state index in [0.717, 1.165) is 11.3 Å². The van der Waals surface area contributed by atoms with Gasteiger partial charge in [-0.1, -0.05) is 48.5 Å². The van der Waals surface area contributed by atoms with Crippen LogP contribution in [0.1, 0.15) is 18.5 Å². The molecule has 0 bridgehead atoms. The zero-order valence-corrected chi connectivity index (χ0v) is 18.9. The lowest BCUT2D eigenvalue weighted by Gasteiger charge is -2.19. The molecule has 0 heterocycles. The number of carbonyl (C=O) groups excluding carboxylic acids is 1. The molecule has 28 heavy (non-hydrogen) atoms. The topological polar surface area (TPSA) is 66.0 Å². The predicted octanol–water partition coefficient (Wildman–Crippen LogP) is 3.07. The smallest absolute Gasteiger partial charge is 0.243 e. The van der Waals surface area contributed by atoms with Gasteiger partial charge >= 0.3 is 0 Å². The number of ether oxygens (including phenoxy) is 1. The molecule has 2 aromatic rings. The Kier molecular flexibility index (Phi) is 11.0. The van der Waals surface area contributed by atoms with E-state index in [1.165, 1.54) is 4.90 Å². The molecule has 0 aliphatic heterocycles. The van der Waals surface area contributed by atoms with Crippen LogP contribution in [0.4, 0.5) is 0 Å². The summed E-state index contributed by atoms with van der Waals surface area (Å²) < 4.78 is 5.69. The van der Waals surface area contributed by atoms with Crippen LogP contribution >= 0.6 is 24.0 Å². The highest BCUT2D eigenvalue weighted by Gasteiger charge is 2.09. The first-order chi connectivity index (χ1) is 13.1. The van der Waals surface area contributed by atoms with Crippen LogP contribution in [0.3, 0.4) is 0 Å². The Morgan fingerprint density at radius 2 is 1.68 bits per heavy atom. The van der Waals surface area contributed by atoms with Gasteiger partial charge in [-0.3, -0.25) is 4.79 Å². The molecule has 1 atom stereocenters. The van der Waals surface area contributed by atoms with E-state index in [1.54, 1.807) is 14.1 Å². The second-order valence-electron chi connectivity index (χ2n) is 6.32. The molecule has 0 spiro atoms. The highest BCUT2D eigenvalue weighted by atomic mass is 127. The molecule has 0 fully saturated rings. The van der Waals surface area contributed by atoms with Crippen molar-refractivity contribution in [3.63, 3.8) is 0 Å². The first-order valence-electron chi connectivity index (χ1n) is 9.04. The van der Waals surface area contributed by atoms with E-state index in [2.05, 4.69) is 34.7 Å². The number of aliphatic imine (C=N–C) groups is 1. The van der Waals surface area contributed by atoms with Crippen molar-refractivity contribution >= 4 is 35.8 Å². The first-order valence-corrected chi connectivity index (χ1v) is 9.04. The lowest BCUT2D eigenvalue weighted by molar-refractivity contribution is -0.127. The zero-order chi connectivity index (χ0) is 19.5. The number of nitrogens with zero attached hydrogens (tertiary/aromatic N) is 2. The van der Waals surface area contributed by atoms with Gasteiger partial charge in [0.15, 0.2) is 5.96 Å². The third-order valence-corrected chi connectivity index (χ3v) is 3.93. The average Bonchev–Trinajstić information content (AvgIpc) is 2.70. The van der Waals surface area contributed by atoms with Crippen LogP contribution in [0.5, 0.6) is 5.75 Å². The predicted molar refractivity (Wildman–Crippen MR) is 124 cm³/mol. The van der Waals surface area contributed by atoms with Crippen LogP contribution in [-0.4, -0.2) is 50.6 Å². The Bertz CT molecular complexity index is 724. The van der Waals surface area contributed by atoms with Crippen LogP contribution in [0, 0.1) is 0 Å². The Hall–Kier alpha value is -2.29. The van der Waals surface area contributed by atoms with Crippen molar-refractivity contribution in [2.24, 2.45) is 4.99 Å². The largest absolute Gasteiger partial charge is 0.492 e. The van der Waals surface area contributed by atoms with Crippen LogP contribution in [0.15, 0.2) is 65.7 Å². The Labute approximate surface area is 184 Å². The highest BCUT2D eigenvalue weighted by molar-refractivity contribution is 14.0. The fourth-order valence-corrected chi connectivity index (χ4v) is 2.33. The molecular formula is C21H29IN4O2. The Morgan fingerprint density at radius 1 is 1.07 bits per heavy atom. The molecule has 0 aromatic heterocycles. The van der Waals surface area contributed by atoms with Gasteiger partial charge in [-0.15, -0.1) is 24.0 Å². The minimum atomic E-state index is -0.0519. The fourth-order valence-electron chi connectivity index (χ4n) is 2.33. The standard InChI is InChI=1S/C21H28N4O2.HI/c1-17(18-10-6-4-7-11-18)24-21(23-16-20(26)25(2)3)22-14-15-27-19-12-8-5-9-13-19;/h4-13,17H,14-16H2,1-3H3,(H2,22,23,24);1H. The lowest BCUT2D eigenvalue weighted by Crippen LogP contribution is -2.41. The normalized spacial score (nSPS) is 11.8. The minimum absolute atomic E-state index is 0. The molecular weight excluding hydrogens is 467 g/mol. The molecule has 152 valence electrons. The molecule has 0 aliphatic rings. The summed E-state index contributed by atoms with van der Waals surface area (Å²) >= 11 is 0. The van der Waals surface area contributed by atoms with Crippen molar-refractivity contribution in [2.75, 3.05) is 33.8 Å². The average molecular weight is 496 g/mol. The van der Waals surface area contributed by atoms with Crippen LogP contribution < -0.4 is 15.4 Å². The number of halogens is 1. The van der Waals surface area contributed by atoms with E-state index in [0.29, 0.717) is 19.1 Å². The summed E-state index contributed by atoms with van der Waals surface area (Å²) in [6.45, 7) is 3.20. The SMILES string of the molecule is CC(NC(=NCC(=O)N(C)C)NCCOc1ccccc1)c1ccccc1.I. The summed E-state index contributed by atoms with van der Waals surface area (Å²) in [5.74, 6) is 1.36. The number of carbonyl (C=O) groups is 1. The number of para-hydroxylation sites is 1. The summed E-state index contributed by atoms with van der Waals surface area (Å²) in [5.41, 5.74) is 1.14. The van der Waals surface area contributed by atoms with Gasteiger partial charge in [0, 0.05) is 14.1 Å². The Balaban J connectivity index is 0.00000392. The van der Waals surface area contributed by atoms with Crippen LogP contribution in [0.25, 0.3) is 0 Å². The molecule has 6 nitrogen and oxygen atoms in total. The maximum Gasteiger partial charge on any atom is 0.243 e. The number of nitrogens with one attached hydrogen (secondary N) is 2. The van der Waals surface area contributed by atoms with Gasteiger partial charge < -0.3 is 20.3 Å². The molecule has 0 radical (unpaired) electrons. The fraction of sp³-hybridized carbons (Fsp3) is 0.333. The zero-order valence-electron chi connectivity index (χ0n) is 16.6. The van der Waals surface area contributed by atoms with Crippen molar-refractivity contribution in [3.8, 4) is 5.75 Å². The van der Waals surface area contributed by atoms with E-state index in [1.807, 2.05) is 48.5 Å². The van der Waals surface area contributed by atoms with E-state index >= 15 is 0 Å². The first kappa shape index (κ1) is 23.7. The molecule has 1 unspecified atom stereocenters. The monoisotopic (exact) mass is 496 g/mol. The second-order valence-corrected chi connectivity index (χ2v) is 6.32. The minimum Gasteiger partial charge on any atom is -0.492 e. The molecule has 1 amide bonds. The third-order valence-electron chi connectivity index (χ3n) is 3.93.